The molecular formula is C18H24BrN3O4. The monoisotopic (exact) mass is 425 g/mol. The average Bonchev–Trinajstić information content (AvgIpc) is 2.78. The summed E-state index contributed by atoms with van der Waals surface area (Å²) in [5.41, 5.74) is 6.54. The summed E-state index contributed by atoms with van der Waals surface area (Å²) in [5.74, 6) is -0.842. The van der Waals surface area contributed by atoms with Crippen LogP contribution in [-0.2, 0) is 19.1 Å². The van der Waals surface area contributed by atoms with Crippen LogP contribution in [0.1, 0.15) is 25.7 Å². The number of nitrogens with two attached hydrogens (primary N) is 1. The van der Waals surface area contributed by atoms with Gasteiger partial charge in [0.25, 0.3) is 0 Å². The third-order valence-corrected chi connectivity index (χ3v) is 4.88. The molecule has 0 radical (unpaired) electrons. The van der Waals surface area contributed by atoms with E-state index in [9.17, 15) is 14.4 Å². The molecule has 1 atom stereocenters. The van der Waals surface area contributed by atoms with Gasteiger partial charge in [0.05, 0.1) is 19.6 Å². The fraction of sp³-hybridized carbons (Fsp3) is 0.500. The first-order valence-electron chi connectivity index (χ1n) is 8.59. The van der Waals surface area contributed by atoms with Gasteiger partial charge in [-0.15, -0.1) is 0 Å². The molecule has 8 heteroatoms. The zero-order valence-corrected chi connectivity index (χ0v) is 16.4. The Morgan fingerprint density at radius 1 is 1.31 bits per heavy atom. The van der Waals surface area contributed by atoms with E-state index in [-0.39, 0.29) is 31.3 Å². The number of benzene rings is 1. The number of ether oxygens (including phenoxy) is 1. The molecule has 1 fully saturated rings. The zero-order valence-electron chi connectivity index (χ0n) is 14.8. The normalized spacial score (nSPS) is 17.6. The number of hydrogen-bond acceptors (Lipinski definition) is 5. The molecule has 1 aliphatic heterocycles. The summed E-state index contributed by atoms with van der Waals surface area (Å²) >= 11 is 3.36. The number of carbonyl (C=O) groups excluding carboxylic acids is 3. The largest absolute Gasteiger partial charge is 0.469 e. The Hall–Kier alpha value is -1.93. The van der Waals surface area contributed by atoms with Crippen LogP contribution < -0.4 is 10.6 Å². The van der Waals surface area contributed by atoms with Crippen LogP contribution in [0, 0.1) is 0 Å². The molecule has 0 bridgehead atoms. The topological polar surface area (TPSA) is 92.9 Å². The smallest absolute Gasteiger partial charge is 0.307 e. The molecule has 0 aliphatic carbocycles. The van der Waals surface area contributed by atoms with Gasteiger partial charge in [-0.25, -0.2) is 0 Å². The van der Waals surface area contributed by atoms with Gasteiger partial charge in [0.1, 0.15) is 6.54 Å². The van der Waals surface area contributed by atoms with Crippen molar-refractivity contribution < 1.29 is 19.1 Å². The lowest BCUT2D eigenvalue weighted by Gasteiger charge is -2.27. The molecule has 26 heavy (non-hydrogen) atoms. The van der Waals surface area contributed by atoms with Gasteiger partial charge in [0, 0.05) is 23.2 Å². The number of rotatable bonds is 6. The second-order valence-corrected chi connectivity index (χ2v) is 7.13. The predicted molar refractivity (Wildman–Crippen MR) is 102 cm³/mol. The number of hydrogen-bond donors (Lipinski definition) is 1. The van der Waals surface area contributed by atoms with E-state index in [1.165, 1.54) is 16.9 Å². The maximum Gasteiger partial charge on any atom is 0.307 e. The minimum Gasteiger partial charge on any atom is -0.469 e. The number of amides is 2. The molecule has 2 N–H and O–H groups in total. The van der Waals surface area contributed by atoms with Crippen molar-refractivity contribution in [3.05, 3.63) is 28.7 Å². The summed E-state index contributed by atoms with van der Waals surface area (Å²) in [4.78, 5) is 39.8. The van der Waals surface area contributed by atoms with E-state index in [4.69, 9.17) is 5.73 Å². The molecule has 142 valence electrons. The second kappa shape index (κ2) is 9.68. The van der Waals surface area contributed by atoms with Gasteiger partial charge >= 0.3 is 5.97 Å². The third-order valence-electron chi connectivity index (χ3n) is 4.35. The third kappa shape index (κ3) is 5.54. The van der Waals surface area contributed by atoms with Gasteiger partial charge in [-0.3, -0.25) is 14.4 Å². The van der Waals surface area contributed by atoms with Gasteiger partial charge in [-0.2, -0.15) is 0 Å². The fourth-order valence-corrected chi connectivity index (χ4v) is 3.13. The molecule has 1 aromatic rings. The number of carbonyl (C=O) groups is 3. The van der Waals surface area contributed by atoms with Gasteiger partial charge in [0.15, 0.2) is 0 Å². The van der Waals surface area contributed by atoms with Crippen LogP contribution in [0.5, 0.6) is 0 Å². The van der Waals surface area contributed by atoms with E-state index in [0.29, 0.717) is 18.7 Å². The van der Waals surface area contributed by atoms with E-state index in [1.54, 1.807) is 12.1 Å². The van der Waals surface area contributed by atoms with E-state index < -0.39 is 12.0 Å². The standard InChI is InChI=1S/C18H24BrN3O4/c1-26-17(24)9-11-22(14-7-5-13(19)6-8-14)16(23)12-21-10-3-2-4-15(20)18(21)25/h5-8,15H,2-4,9-12,20H2,1H3/t15-/m0/s1. The first-order chi connectivity index (χ1) is 12.4. The van der Waals surface area contributed by atoms with E-state index >= 15 is 0 Å². The van der Waals surface area contributed by atoms with Crippen molar-refractivity contribution >= 4 is 39.4 Å². The Kier molecular flexibility index (Phi) is 7.59. The first-order valence-corrected chi connectivity index (χ1v) is 9.38. The minimum atomic E-state index is -0.554. The second-order valence-electron chi connectivity index (χ2n) is 6.21. The maximum absolute atomic E-state index is 12.9. The molecule has 1 aromatic carbocycles. The molecule has 0 saturated carbocycles. The summed E-state index contributed by atoms with van der Waals surface area (Å²) in [6.45, 7) is 0.647. The number of anilines is 1. The summed E-state index contributed by atoms with van der Waals surface area (Å²) in [6.07, 6.45) is 2.41. The van der Waals surface area contributed by atoms with Crippen molar-refractivity contribution in [3.8, 4) is 0 Å². The molecule has 0 spiro atoms. The summed E-state index contributed by atoms with van der Waals surface area (Å²) in [5, 5.41) is 0. The summed E-state index contributed by atoms with van der Waals surface area (Å²) in [7, 11) is 1.31. The summed E-state index contributed by atoms with van der Waals surface area (Å²) < 4.78 is 5.55. The Labute approximate surface area is 161 Å². The van der Waals surface area contributed by atoms with Crippen LogP contribution in [0.4, 0.5) is 5.69 Å². The van der Waals surface area contributed by atoms with Crippen LogP contribution in [0.15, 0.2) is 28.7 Å². The fourth-order valence-electron chi connectivity index (χ4n) is 2.86. The first kappa shape index (κ1) is 20.4. The van der Waals surface area contributed by atoms with Gasteiger partial charge in [-0.1, -0.05) is 15.9 Å². The van der Waals surface area contributed by atoms with E-state index in [2.05, 4.69) is 20.7 Å². The highest BCUT2D eigenvalue weighted by Crippen LogP contribution is 2.20. The summed E-state index contributed by atoms with van der Waals surface area (Å²) in [6, 6.07) is 6.66. The van der Waals surface area contributed by atoms with Crippen molar-refractivity contribution in [1.29, 1.82) is 0 Å². The van der Waals surface area contributed by atoms with Crippen molar-refractivity contribution in [3.63, 3.8) is 0 Å². The van der Waals surface area contributed by atoms with E-state index in [0.717, 1.165) is 17.3 Å². The number of nitrogens with zero attached hydrogens (tertiary/aromatic N) is 2. The minimum absolute atomic E-state index is 0.0518. The quantitative estimate of drug-likeness (QED) is 0.699. The molecule has 1 saturated heterocycles. The molecular weight excluding hydrogens is 402 g/mol. The average molecular weight is 426 g/mol. The molecule has 2 rings (SSSR count). The van der Waals surface area contributed by atoms with Gasteiger partial charge < -0.3 is 20.3 Å². The van der Waals surface area contributed by atoms with Gasteiger partial charge in [0.2, 0.25) is 11.8 Å². The van der Waals surface area contributed by atoms with E-state index in [1.807, 2.05) is 12.1 Å². The number of likely N-dealkylation sites (tertiary alicyclic amines) is 1. The van der Waals surface area contributed by atoms with Crippen LogP contribution in [0.3, 0.4) is 0 Å². The van der Waals surface area contributed by atoms with Crippen LogP contribution in [0.2, 0.25) is 0 Å². The van der Waals surface area contributed by atoms with Gasteiger partial charge in [-0.05, 0) is 43.5 Å². The lowest BCUT2D eigenvalue weighted by Crippen LogP contribution is -2.48. The predicted octanol–water partition coefficient (Wildman–Crippen LogP) is 1.68. The highest BCUT2D eigenvalue weighted by Gasteiger charge is 2.27. The highest BCUT2D eigenvalue weighted by molar-refractivity contribution is 9.10. The lowest BCUT2D eigenvalue weighted by molar-refractivity contribution is -0.140. The Balaban J connectivity index is 2.14. The Morgan fingerprint density at radius 3 is 2.65 bits per heavy atom. The number of methoxy groups -OCH3 is 1. The lowest BCUT2D eigenvalue weighted by atomic mass is 10.1. The molecule has 0 aromatic heterocycles. The Bertz CT molecular complexity index is 650. The van der Waals surface area contributed by atoms with Crippen LogP contribution in [0.25, 0.3) is 0 Å². The molecule has 1 heterocycles. The number of halogens is 1. The zero-order chi connectivity index (χ0) is 19.1. The van der Waals surface area contributed by atoms with Crippen molar-refractivity contribution in [2.45, 2.75) is 31.7 Å². The SMILES string of the molecule is COC(=O)CCN(C(=O)CN1CCCC[C@H](N)C1=O)c1ccc(Br)cc1. The van der Waals surface area contributed by atoms with Crippen LogP contribution >= 0.6 is 15.9 Å². The number of esters is 1. The highest BCUT2D eigenvalue weighted by atomic mass is 79.9. The molecule has 1 aliphatic rings. The van der Waals surface area contributed by atoms with Crippen LogP contribution in [-0.4, -0.2) is 55.5 Å². The van der Waals surface area contributed by atoms with Crippen molar-refractivity contribution in [2.75, 3.05) is 31.6 Å². The molecule has 2 amide bonds. The molecule has 7 nitrogen and oxygen atoms in total. The molecule has 0 unspecified atom stereocenters. The maximum atomic E-state index is 12.9. The van der Waals surface area contributed by atoms with Crippen molar-refractivity contribution in [1.82, 2.24) is 4.90 Å². The Morgan fingerprint density at radius 2 is 2.00 bits per heavy atom. The van der Waals surface area contributed by atoms with Crippen molar-refractivity contribution in [2.24, 2.45) is 5.73 Å².